The van der Waals surface area contributed by atoms with Crippen molar-refractivity contribution in [2.45, 2.75) is 12.8 Å². The van der Waals surface area contributed by atoms with Crippen LogP contribution in [0.5, 0.6) is 0 Å². The van der Waals surface area contributed by atoms with E-state index in [-0.39, 0.29) is 30.5 Å². The topological polar surface area (TPSA) is 41.9 Å². The summed E-state index contributed by atoms with van der Waals surface area (Å²) in [6.45, 7) is 2.15. The second-order valence-corrected chi connectivity index (χ2v) is 5.35. The molecule has 2 aromatic carbocycles. The Balaban J connectivity index is 1.99. The van der Waals surface area contributed by atoms with Gasteiger partial charge in [-0.25, -0.2) is 13.6 Å². The standard InChI is InChI=1S/C18H16F2N2O2/c1-2-24-18(23)17-14(12-6-4-3-5-7-12)11-22(21-17)16-10-13(19)8-9-15(16)20/h3-10,14H,2,11H2,1H3. The zero-order valence-electron chi connectivity index (χ0n) is 13.1. The van der Waals surface area contributed by atoms with Gasteiger partial charge in [-0.1, -0.05) is 30.3 Å². The van der Waals surface area contributed by atoms with E-state index in [1.807, 2.05) is 30.3 Å². The first-order valence-corrected chi connectivity index (χ1v) is 7.63. The lowest BCUT2D eigenvalue weighted by Crippen LogP contribution is -2.24. The molecule has 1 heterocycles. The first-order chi connectivity index (χ1) is 11.6. The molecule has 3 rings (SSSR count). The van der Waals surface area contributed by atoms with E-state index in [1.54, 1.807) is 6.92 Å². The molecular weight excluding hydrogens is 314 g/mol. The second-order valence-electron chi connectivity index (χ2n) is 5.35. The number of nitrogens with zero attached hydrogens (tertiary/aromatic N) is 2. The van der Waals surface area contributed by atoms with Crippen LogP contribution in [0.1, 0.15) is 18.4 Å². The van der Waals surface area contributed by atoms with Gasteiger partial charge in [0.05, 0.1) is 24.8 Å². The highest BCUT2D eigenvalue weighted by atomic mass is 19.1. The number of hydrogen-bond donors (Lipinski definition) is 0. The summed E-state index contributed by atoms with van der Waals surface area (Å²) in [6, 6.07) is 12.4. The van der Waals surface area contributed by atoms with E-state index in [4.69, 9.17) is 4.74 Å². The van der Waals surface area contributed by atoms with Crippen molar-refractivity contribution in [1.29, 1.82) is 0 Å². The van der Waals surface area contributed by atoms with Gasteiger partial charge in [-0.3, -0.25) is 5.01 Å². The molecule has 6 heteroatoms. The summed E-state index contributed by atoms with van der Waals surface area (Å²) in [6.07, 6.45) is 0. The van der Waals surface area contributed by atoms with Crippen molar-refractivity contribution in [3.8, 4) is 0 Å². The molecule has 0 aromatic heterocycles. The van der Waals surface area contributed by atoms with Gasteiger partial charge in [-0.15, -0.1) is 0 Å². The van der Waals surface area contributed by atoms with Crippen molar-refractivity contribution >= 4 is 17.4 Å². The molecule has 1 atom stereocenters. The number of ether oxygens (including phenoxy) is 1. The number of carbonyl (C=O) groups excluding carboxylic acids is 1. The predicted octanol–water partition coefficient (Wildman–Crippen LogP) is 3.49. The monoisotopic (exact) mass is 330 g/mol. The van der Waals surface area contributed by atoms with Crippen molar-refractivity contribution < 1.29 is 18.3 Å². The molecule has 0 amide bonds. The number of hydrogen-bond acceptors (Lipinski definition) is 4. The van der Waals surface area contributed by atoms with E-state index in [0.717, 1.165) is 23.8 Å². The van der Waals surface area contributed by atoms with Gasteiger partial charge in [0.2, 0.25) is 0 Å². The fourth-order valence-electron chi connectivity index (χ4n) is 2.67. The molecule has 0 bridgehead atoms. The van der Waals surface area contributed by atoms with Crippen LogP contribution in [0.25, 0.3) is 0 Å². The molecule has 2 aromatic rings. The highest BCUT2D eigenvalue weighted by Crippen LogP contribution is 2.31. The van der Waals surface area contributed by atoms with E-state index in [1.165, 1.54) is 5.01 Å². The van der Waals surface area contributed by atoms with Gasteiger partial charge >= 0.3 is 5.97 Å². The number of esters is 1. The van der Waals surface area contributed by atoms with Crippen LogP contribution in [0.3, 0.4) is 0 Å². The van der Waals surface area contributed by atoms with E-state index in [9.17, 15) is 13.6 Å². The fraction of sp³-hybridized carbons (Fsp3) is 0.222. The summed E-state index contributed by atoms with van der Waals surface area (Å²) < 4.78 is 32.5. The van der Waals surface area contributed by atoms with Gasteiger partial charge in [0.1, 0.15) is 11.6 Å². The lowest BCUT2D eigenvalue weighted by molar-refractivity contribution is -0.135. The van der Waals surface area contributed by atoms with Crippen molar-refractivity contribution in [1.82, 2.24) is 0 Å². The molecule has 124 valence electrons. The molecule has 0 saturated heterocycles. The van der Waals surface area contributed by atoms with Crippen LogP contribution < -0.4 is 5.01 Å². The van der Waals surface area contributed by atoms with Gasteiger partial charge in [0.15, 0.2) is 5.71 Å². The first kappa shape index (κ1) is 16.1. The number of halogens is 2. The molecule has 24 heavy (non-hydrogen) atoms. The van der Waals surface area contributed by atoms with Crippen LogP contribution >= 0.6 is 0 Å². The van der Waals surface area contributed by atoms with Gasteiger partial charge < -0.3 is 4.74 Å². The van der Waals surface area contributed by atoms with Gasteiger partial charge in [-0.05, 0) is 24.6 Å². The SMILES string of the molecule is CCOC(=O)C1=NN(c2cc(F)ccc2F)CC1c1ccccc1. The molecule has 0 N–H and O–H groups in total. The summed E-state index contributed by atoms with van der Waals surface area (Å²) in [5.74, 6) is -2.09. The van der Waals surface area contributed by atoms with Crippen molar-refractivity contribution in [2.75, 3.05) is 18.2 Å². The molecule has 1 unspecified atom stereocenters. The minimum atomic E-state index is -0.600. The summed E-state index contributed by atoms with van der Waals surface area (Å²) >= 11 is 0. The van der Waals surface area contributed by atoms with Crippen LogP contribution in [0.4, 0.5) is 14.5 Å². The van der Waals surface area contributed by atoms with Crippen molar-refractivity contribution in [3.63, 3.8) is 0 Å². The van der Waals surface area contributed by atoms with Crippen LogP contribution in [0.2, 0.25) is 0 Å². The molecule has 0 radical (unpaired) electrons. The lowest BCUT2D eigenvalue weighted by atomic mass is 9.95. The third-order valence-electron chi connectivity index (χ3n) is 3.79. The van der Waals surface area contributed by atoms with Crippen LogP contribution in [0, 0.1) is 11.6 Å². The molecule has 0 saturated carbocycles. The maximum atomic E-state index is 14.0. The molecule has 1 aliphatic rings. The lowest BCUT2D eigenvalue weighted by Gasteiger charge is -2.17. The fourth-order valence-corrected chi connectivity index (χ4v) is 2.67. The highest BCUT2D eigenvalue weighted by Gasteiger charge is 2.35. The normalized spacial score (nSPS) is 16.9. The average Bonchev–Trinajstić information content (AvgIpc) is 3.03. The Labute approximate surface area is 138 Å². The third-order valence-corrected chi connectivity index (χ3v) is 3.79. The van der Waals surface area contributed by atoms with E-state index < -0.39 is 17.6 Å². The number of carbonyl (C=O) groups is 1. The molecule has 1 aliphatic heterocycles. The zero-order valence-corrected chi connectivity index (χ0v) is 13.1. The van der Waals surface area contributed by atoms with Crippen LogP contribution in [0.15, 0.2) is 53.6 Å². The quantitative estimate of drug-likeness (QED) is 0.806. The Kier molecular flexibility index (Phi) is 4.55. The van der Waals surface area contributed by atoms with Gasteiger partial charge in [-0.2, -0.15) is 5.10 Å². The molecule has 4 nitrogen and oxygen atoms in total. The summed E-state index contributed by atoms with van der Waals surface area (Å²) in [4.78, 5) is 12.2. The largest absolute Gasteiger partial charge is 0.461 e. The Morgan fingerprint density at radius 2 is 2.00 bits per heavy atom. The maximum absolute atomic E-state index is 14.0. The van der Waals surface area contributed by atoms with E-state index >= 15 is 0 Å². The summed E-state index contributed by atoms with van der Waals surface area (Å²) in [7, 11) is 0. The predicted molar refractivity (Wildman–Crippen MR) is 87.0 cm³/mol. The Bertz CT molecular complexity index is 778. The van der Waals surface area contributed by atoms with Gasteiger partial charge in [0.25, 0.3) is 0 Å². The number of anilines is 1. The smallest absolute Gasteiger partial charge is 0.355 e. The first-order valence-electron chi connectivity index (χ1n) is 7.63. The summed E-state index contributed by atoms with van der Waals surface area (Å²) in [5.41, 5.74) is 1.05. The Hall–Kier alpha value is -2.76. The summed E-state index contributed by atoms with van der Waals surface area (Å²) in [5, 5.41) is 5.51. The van der Waals surface area contributed by atoms with Crippen LogP contribution in [-0.2, 0) is 9.53 Å². The Morgan fingerprint density at radius 3 is 2.71 bits per heavy atom. The number of benzene rings is 2. The van der Waals surface area contributed by atoms with Crippen molar-refractivity contribution in [3.05, 3.63) is 65.7 Å². The highest BCUT2D eigenvalue weighted by molar-refractivity contribution is 6.39. The minimum absolute atomic E-state index is 0.00442. The second kappa shape index (κ2) is 6.78. The van der Waals surface area contributed by atoms with Gasteiger partial charge in [0, 0.05) is 6.07 Å². The third kappa shape index (κ3) is 3.13. The molecular formula is C18H16F2N2O2. The zero-order chi connectivity index (χ0) is 17.1. The molecule has 0 fully saturated rings. The number of rotatable bonds is 4. The van der Waals surface area contributed by atoms with E-state index in [0.29, 0.717) is 0 Å². The van der Waals surface area contributed by atoms with Crippen LogP contribution in [-0.4, -0.2) is 24.8 Å². The average molecular weight is 330 g/mol. The number of hydrazone groups is 1. The maximum Gasteiger partial charge on any atom is 0.355 e. The molecule has 0 spiro atoms. The Morgan fingerprint density at radius 1 is 1.25 bits per heavy atom. The van der Waals surface area contributed by atoms with Crippen molar-refractivity contribution in [2.24, 2.45) is 5.10 Å². The molecule has 0 aliphatic carbocycles. The minimum Gasteiger partial charge on any atom is -0.461 e. The van der Waals surface area contributed by atoms with E-state index in [2.05, 4.69) is 5.10 Å².